The lowest BCUT2D eigenvalue weighted by atomic mass is 10.1. The standard InChI is InChI=1S/C16H15F2NO3/c1-22-11-7-5-10(6-8-11)14(20)9-19-16(21)12-3-2-4-13(17)15(12)18/h2-8,14,20H,9H2,1H3,(H,19,21). The molecule has 0 spiro atoms. The zero-order valence-corrected chi connectivity index (χ0v) is 11.8. The van der Waals surface area contributed by atoms with E-state index in [1.54, 1.807) is 24.3 Å². The Kier molecular flexibility index (Phi) is 5.06. The molecule has 0 aliphatic rings. The number of hydrogen-bond donors (Lipinski definition) is 2. The summed E-state index contributed by atoms with van der Waals surface area (Å²) in [4.78, 5) is 11.8. The van der Waals surface area contributed by atoms with Crippen molar-refractivity contribution >= 4 is 5.91 Å². The molecule has 1 amide bonds. The van der Waals surface area contributed by atoms with Crippen LogP contribution in [0.2, 0.25) is 0 Å². The molecular weight excluding hydrogens is 292 g/mol. The lowest BCUT2D eigenvalue weighted by molar-refractivity contribution is 0.0911. The molecule has 0 saturated heterocycles. The predicted octanol–water partition coefficient (Wildman–Crippen LogP) is 2.44. The van der Waals surface area contributed by atoms with Crippen molar-refractivity contribution in [2.75, 3.05) is 13.7 Å². The molecule has 0 aliphatic carbocycles. The molecule has 116 valence electrons. The second-order valence-corrected chi connectivity index (χ2v) is 4.60. The van der Waals surface area contributed by atoms with E-state index in [0.29, 0.717) is 11.3 Å². The van der Waals surface area contributed by atoms with Crippen LogP contribution in [0.5, 0.6) is 5.75 Å². The summed E-state index contributed by atoms with van der Waals surface area (Å²) in [6, 6.07) is 10.00. The van der Waals surface area contributed by atoms with Crippen LogP contribution in [0.1, 0.15) is 22.0 Å². The van der Waals surface area contributed by atoms with Crippen LogP contribution in [0.15, 0.2) is 42.5 Å². The van der Waals surface area contributed by atoms with Gasteiger partial charge in [-0.1, -0.05) is 18.2 Å². The minimum absolute atomic E-state index is 0.124. The molecular formula is C16H15F2NO3. The Balaban J connectivity index is 1.99. The van der Waals surface area contributed by atoms with E-state index >= 15 is 0 Å². The van der Waals surface area contributed by atoms with Crippen LogP contribution in [0.4, 0.5) is 8.78 Å². The number of ether oxygens (including phenoxy) is 1. The van der Waals surface area contributed by atoms with Crippen molar-refractivity contribution < 1.29 is 23.4 Å². The monoisotopic (exact) mass is 307 g/mol. The number of hydrogen-bond acceptors (Lipinski definition) is 3. The van der Waals surface area contributed by atoms with Crippen LogP contribution in [0.25, 0.3) is 0 Å². The fraction of sp³-hybridized carbons (Fsp3) is 0.188. The van der Waals surface area contributed by atoms with Gasteiger partial charge in [-0.05, 0) is 29.8 Å². The third-order valence-corrected chi connectivity index (χ3v) is 3.15. The topological polar surface area (TPSA) is 58.6 Å². The van der Waals surface area contributed by atoms with Crippen molar-refractivity contribution in [3.8, 4) is 5.75 Å². The second kappa shape index (κ2) is 7.00. The van der Waals surface area contributed by atoms with Gasteiger partial charge in [0.15, 0.2) is 11.6 Å². The first-order valence-corrected chi connectivity index (χ1v) is 6.57. The van der Waals surface area contributed by atoms with Gasteiger partial charge in [0.05, 0.1) is 18.8 Å². The Morgan fingerprint density at radius 3 is 2.55 bits per heavy atom. The molecule has 0 saturated carbocycles. The van der Waals surface area contributed by atoms with Gasteiger partial charge in [0.2, 0.25) is 0 Å². The maximum absolute atomic E-state index is 13.5. The molecule has 6 heteroatoms. The molecule has 0 bridgehead atoms. The van der Waals surface area contributed by atoms with Crippen molar-refractivity contribution in [2.45, 2.75) is 6.10 Å². The molecule has 2 aromatic rings. The molecule has 0 aliphatic heterocycles. The van der Waals surface area contributed by atoms with E-state index < -0.39 is 29.2 Å². The Morgan fingerprint density at radius 1 is 1.23 bits per heavy atom. The largest absolute Gasteiger partial charge is 0.497 e. The first-order chi connectivity index (χ1) is 10.5. The van der Waals surface area contributed by atoms with Crippen molar-refractivity contribution in [3.05, 3.63) is 65.2 Å². The van der Waals surface area contributed by atoms with Gasteiger partial charge in [-0.25, -0.2) is 8.78 Å². The highest BCUT2D eigenvalue weighted by Crippen LogP contribution is 2.17. The lowest BCUT2D eigenvalue weighted by Crippen LogP contribution is -2.29. The summed E-state index contributed by atoms with van der Waals surface area (Å²) < 4.78 is 31.5. The maximum atomic E-state index is 13.5. The highest BCUT2D eigenvalue weighted by molar-refractivity contribution is 5.94. The number of benzene rings is 2. The third kappa shape index (κ3) is 3.59. The number of carbonyl (C=O) groups is 1. The summed E-state index contributed by atoms with van der Waals surface area (Å²) >= 11 is 0. The molecule has 2 N–H and O–H groups in total. The molecule has 2 aromatic carbocycles. The minimum Gasteiger partial charge on any atom is -0.497 e. The van der Waals surface area contributed by atoms with Crippen LogP contribution in [0, 0.1) is 11.6 Å². The fourth-order valence-electron chi connectivity index (χ4n) is 1.91. The SMILES string of the molecule is COc1ccc(C(O)CNC(=O)c2cccc(F)c2F)cc1. The first-order valence-electron chi connectivity index (χ1n) is 6.57. The van der Waals surface area contributed by atoms with Gasteiger partial charge >= 0.3 is 0 Å². The van der Waals surface area contributed by atoms with Crippen LogP contribution in [0.3, 0.4) is 0 Å². The van der Waals surface area contributed by atoms with E-state index in [9.17, 15) is 18.7 Å². The molecule has 0 radical (unpaired) electrons. The molecule has 4 nitrogen and oxygen atoms in total. The smallest absolute Gasteiger partial charge is 0.254 e. The maximum Gasteiger partial charge on any atom is 0.254 e. The Morgan fingerprint density at radius 2 is 1.91 bits per heavy atom. The second-order valence-electron chi connectivity index (χ2n) is 4.60. The predicted molar refractivity (Wildman–Crippen MR) is 76.6 cm³/mol. The van der Waals surface area contributed by atoms with Crippen LogP contribution < -0.4 is 10.1 Å². The molecule has 1 unspecified atom stereocenters. The van der Waals surface area contributed by atoms with E-state index in [-0.39, 0.29) is 6.54 Å². The van der Waals surface area contributed by atoms with Gasteiger partial charge in [-0.3, -0.25) is 4.79 Å². The summed E-state index contributed by atoms with van der Waals surface area (Å²) in [7, 11) is 1.53. The van der Waals surface area contributed by atoms with E-state index in [0.717, 1.165) is 6.07 Å². The molecule has 0 heterocycles. The highest BCUT2D eigenvalue weighted by atomic mass is 19.2. The normalized spacial score (nSPS) is 11.8. The van der Waals surface area contributed by atoms with Crippen molar-refractivity contribution in [2.24, 2.45) is 0 Å². The highest BCUT2D eigenvalue weighted by Gasteiger charge is 2.16. The molecule has 0 aromatic heterocycles. The average Bonchev–Trinajstić information content (AvgIpc) is 2.55. The van der Waals surface area contributed by atoms with E-state index in [2.05, 4.69) is 5.32 Å². The zero-order chi connectivity index (χ0) is 16.1. The number of carbonyl (C=O) groups excluding carboxylic acids is 1. The van der Waals surface area contributed by atoms with Crippen LogP contribution in [-0.2, 0) is 0 Å². The fourth-order valence-corrected chi connectivity index (χ4v) is 1.91. The number of amides is 1. The van der Waals surface area contributed by atoms with Gasteiger partial charge in [-0.15, -0.1) is 0 Å². The summed E-state index contributed by atoms with van der Waals surface area (Å²) in [5.41, 5.74) is 0.169. The van der Waals surface area contributed by atoms with E-state index in [1.807, 2.05) is 0 Å². The molecule has 2 rings (SSSR count). The minimum atomic E-state index is -1.21. The summed E-state index contributed by atoms with van der Waals surface area (Å²) in [6.07, 6.45) is -0.966. The number of rotatable bonds is 5. The Labute approximate surface area is 126 Å². The Bertz CT molecular complexity index is 659. The summed E-state index contributed by atoms with van der Waals surface area (Å²) in [5.74, 6) is -2.45. The lowest BCUT2D eigenvalue weighted by Gasteiger charge is -2.13. The number of methoxy groups -OCH3 is 1. The van der Waals surface area contributed by atoms with Crippen molar-refractivity contribution in [3.63, 3.8) is 0 Å². The van der Waals surface area contributed by atoms with Crippen molar-refractivity contribution in [1.82, 2.24) is 5.32 Å². The van der Waals surface area contributed by atoms with Gasteiger partial charge in [0.25, 0.3) is 5.91 Å². The molecule has 22 heavy (non-hydrogen) atoms. The van der Waals surface area contributed by atoms with Crippen LogP contribution in [-0.4, -0.2) is 24.7 Å². The van der Waals surface area contributed by atoms with Gasteiger partial charge in [0, 0.05) is 6.54 Å². The third-order valence-electron chi connectivity index (χ3n) is 3.15. The van der Waals surface area contributed by atoms with Gasteiger partial charge in [-0.2, -0.15) is 0 Å². The van der Waals surface area contributed by atoms with E-state index in [1.165, 1.54) is 19.2 Å². The molecule has 1 atom stereocenters. The zero-order valence-electron chi connectivity index (χ0n) is 11.8. The number of nitrogens with one attached hydrogen (secondary N) is 1. The first kappa shape index (κ1) is 15.9. The van der Waals surface area contributed by atoms with Crippen molar-refractivity contribution in [1.29, 1.82) is 0 Å². The number of halogens is 2. The average molecular weight is 307 g/mol. The summed E-state index contributed by atoms with van der Waals surface area (Å²) in [5, 5.41) is 12.3. The summed E-state index contributed by atoms with van der Waals surface area (Å²) in [6.45, 7) is -0.124. The Hall–Kier alpha value is -2.47. The van der Waals surface area contributed by atoms with Gasteiger partial charge in [0.1, 0.15) is 5.75 Å². The molecule has 0 fully saturated rings. The number of aliphatic hydroxyl groups is 1. The van der Waals surface area contributed by atoms with E-state index in [4.69, 9.17) is 4.74 Å². The number of aliphatic hydroxyl groups excluding tert-OH is 1. The van der Waals surface area contributed by atoms with Crippen LogP contribution >= 0.6 is 0 Å². The quantitative estimate of drug-likeness (QED) is 0.892. The van der Waals surface area contributed by atoms with Gasteiger partial charge < -0.3 is 15.2 Å².